The number of carbonyl (C=O) groups excluding carboxylic acids is 3. The van der Waals surface area contributed by atoms with Gasteiger partial charge in [0.25, 0.3) is 5.91 Å². The molecule has 0 aromatic heterocycles. The van der Waals surface area contributed by atoms with Crippen molar-refractivity contribution < 1.29 is 28.6 Å². The maximum Gasteiger partial charge on any atom is 0.310 e. The number of likely N-dealkylation sites (tertiary alicyclic amines) is 1. The summed E-state index contributed by atoms with van der Waals surface area (Å²) in [5, 5.41) is 0. The minimum Gasteiger partial charge on any atom is -0.460 e. The van der Waals surface area contributed by atoms with Gasteiger partial charge in [0.15, 0.2) is 6.10 Å². The Morgan fingerprint density at radius 1 is 1.27 bits per heavy atom. The second-order valence-corrected chi connectivity index (χ2v) is 6.15. The van der Waals surface area contributed by atoms with Gasteiger partial charge in [0, 0.05) is 13.0 Å². The Morgan fingerprint density at radius 2 is 2.00 bits per heavy atom. The molecule has 2 unspecified atom stereocenters. The number of β-lactam (4-membered cyclic amide) rings is 1. The normalized spacial score (nSPS) is 25.8. The van der Waals surface area contributed by atoms with Crippen LogP contribution in [0.15, 0.2) is 0 Å². The van der Waals surface area contributed by atoms with Crippen LogP contribution in [0.1, 0.15) is 27.2 Å². The first kappa shape index (κ1) is 16.7. The molecule has 0 N–H and O–H groups in total. The van der Waals surface area contributed by atoms with Gasteiger partial charge in [-0.25, -0.2) is 0 Å². The zero-order chi connectivity index (χ0) is 16.3. The molecule has 2 aliphatic rings. The molecule has 2 heterocycles. The molecule has 0 saturated carbocycles. The number of esters is 2. The highest BCUT2D eigenvalue weighted by Gasteiger charge is 2.41. The van der Waals surface area contributed by atoms with Gasteiger partial charge in [0.2, 0.25) is 0 Å². The Bertz CT molecular complexity index is 443. The van der Waals surface area contributed by atoms with E-state index in [4.69, 9.17) is 14.2 Å². The van der Waals surface area contributed by atoms with Gasteiger partial charge in [-0.3, -0.25) is 14.4 Å². The third kappa shape index (κ3) is 3.97. The highest BCUT2D eigenvalue weighted by atomic mass is 16.6. The van der Waals surface area contributed by atoms with Crippen molar-refractivity contribution in [1.29, 1.82) is 0 Å². The first-order valence-electron chi connectivity index (χ1n) is 7.66. The van der Waals surface area contributed by atoms with Gasteiger partial charge >= 0.3 is 11.9 Å². The van der Waals surface area contributed by atoms with Crippen molar-refractivity contribution in [3.05, 3.63) is 0 Å². The number of rotatable bonds is 6. The summed E-state index contributed by atoms with van der Waals surface area (Å²) in [6, 6.07) is 0. The number of ether oxygens (including phenoxy) is 3. The second-order valence-electron chi connectivity index (χ2n) is 6.15. The summed E-state index contributed by atoms with van der Waals surface area (Å²) >= 11 is 0. The van der Waals surface area contributed by atoms with E-state index in [1.807, 2.05) is 0 Å². The van der Waals surface area contributed by atoms with Crippen LogP contribution in [-0.2, 0) is 28.6 Å². The Labute approximate surface area is 129 Å². The van der Waals surface area contributed by atoms with Crippen molar-refractivity contribution in [2.75, 3.05) is 26.3 Å². The molecule has 0 aromatic rings. The number of nitrogens with zero attached hydrogens (tertiary/aromatic N) is 1. The molecule has 0 aromatic carbocycles. The van der Waals surface area contributed by atoms with Crippen LogP contribution >= 0.6 is 0 Å². The Hall–Kier alpha value is -1.63. The van der Waals surface area contributed by atoms with Crippen LogP contribution in [0, 0.1) is 11.8 Å². The zero-order valence-electron chi connectivity index (χ0n) is 13.2. The molecule has 124 valence electrons. The van der Waals surface area contributed by atoms with Crippen molar-refractivity contribution in [3.63, 3.8) is 0 Å². The maximum atomic E-state index is 11.9. The molecule has 0 radical (unpaired) electrons. The fourth-order valence-electron chi connectivity index (χ4n) is 2.28. The average Bonchev–Trinajstić information content (AvgIpc) is 2.97. The number of carbonyl (C=O) groups is 3. The van der Waals surface area contributed by atoms with E-state index in [0.717, 1.165) is 0 Å². The molecule has 2 saturated heterocycles. The maximum absolute atomic E-state index is 11.9. The van der Waals surface area contributed by atoms with Gasteiger partial charge in [0.1, 0.15) is 6.10 Å². The third-order valence-electron chi connectivity index (χ3n) is 3.77. The van der Waals surface area contributed by atoms with Crippen LogP contribution in [-0.4, -0.2) is 61.3 Å². The van der Waals surface area contributed by atoms with Gasteiger partial charge in [-0.1, -0.05) is 20.8 Å². The lowest BCUT2D eigenvalue weighted by Crippen LogP contribution is -2.59. The fourth-order valence-corrected chi connectivity index (χ4v) is 2.28. The van der Waals surface area contributed by atoms with E-state index in [1.165, 1.54) is 4.90 Å². The third-order valence-corrected chi connectivity index (χ3v) is 3.77. The first-order valence-corrected chi connectivity index (χ1v) is 7.66. The average molecular weight is 313 g/mol. The molecule has 2 rings (SSSR count). The second kappa shape index (κ2) is 7.09. The van der Waals surface area contributed by atoms with Crippen LogP contribution in [0.3, 0.4) is 0 Å². The zero-order valence-corrected chi connectivity index (χ0v) is 13.2. The summed E-state index contributed by atoms with van der Waals surface area (Å²) in [7, 11) is 0. The van der Waals surface area contributed by atoms with E-state index in [0.29, 0.717) is 26.2 Å². The fraction of sp³-hybridized carbons (Fsp3) is 0.800. The quantitative estimate of drug-likeness (QED) is 0.520. The number of hydrogen-bond donors (Lipinski definition) is 0. The van der Waals surface area contributed by atoms with Crippen LogP contribution < -0.4 is 0 Å². The summed E-state index contributed by atoms with van der Waals surface area (Å²) in [6.45, 7) is 6.82. The minimum absolute atomic E-state index is 0.179. The Kier molecular flexibility index (Phi) is 5.39. The van der Waals surface area contributed by atoms with Crippen molar-refractivity contribution in [2.45, 2.75) is 39.4 Å². The molecule has 0 bridgehead atoms. The molecule has 7 nitrogen and oxygen atoms in total. The van der Waals surface area contributed by atoms with E-state index in [-0.39, 0.29) is 36.4 Å². The van der Waals surface area contributed by atoms with Gasteiger partial charge in [-0.2, -0.15) is 0 Å². The molecule has 7 heteroatoms. The van der Waals surface area contributed by atoms with Crippen molar-refractivity contribution in [1.82, 2.24) is 4.90 Å². The molecular formula is C15H23NO6. The number of hydrogen-bond acceptors (Lipinski definition) is 6. The SMILES string of the molecule is CC(C)C(=O)OC1CN(CC(C)C(=O)O[C@H]2CCOC2)C1=O. The van der Waals surface area contributed by atoms with Crippen LogP contribution in [0.4, 0.5) is 0 Å². The number of amides is 1. The molecule has 2 aliphatic heterocycles. The highest BCUT2D eigenvalue weighted by molar-refractivity contribution is 5.89. The van der Waals surface area contributed by atoms with Gasteiger partial charge in [0.05, 0.1) is 31.6 Å². The molecule has 22 heavy (non-hydrogen) atoms. The minimum atomic E-state index is -0.707. The Morgan fingerprint density at radius 3 is 2.55 bits per heavy atom. The molecule has 0 aliphatic carbocycles. The monoisotopic (exact) mass is 313 g/mol. The molecule has 3 atom stereocenters. The largest absolute Gasteiger partial charge is 0.460 e. The predicted molar refractivity (Wildman–Crippen MR) is 75.8 cm³/mol. The topological polar surface area (TPSA) is 82.1 Å². The summed E-state index contributed by atoms with van der Waals surface area (Å²) in [6.07, 6.45) is -0.169. The summed E-state index contributed by atoms with van der Waals surface area (Å²) in [5.41, 5.74) is 0. The van der Waals surface area contributed by atoms with E-state index in [1.54, 1.807) is 20.8 Å². The van der Waals surface area contributed by atoms with Crippen molar-refractivity contribution in [2.24, 2.45) is 11.8 Å². The predicted octanol–water partition coefficient (Wildman–Crippen LogP) is 0.365. The lowest BCUT2D eigenvalue weighted by molar-refractivity contribution is -0.177. The van der Waals surface area contributed by atoms with Crippen LogP contribution in [0.25, 0.3) is 0 Å². The van der Waals surface area contributed by atoms with Gasteiger partial charge in [-0.05, 0) is 0 Å². The smallest absolute Gasteiger partial charge is 0.310 e. The highest BCUT2D eigenvalue weighted by Crippen LogP contribution is 2.19. The van der Waals surface area contributed by atoms with Gasteiger partial charge < -0.3 is 19.1 Å². The molecule has 0 spiro atoms. The van der Waals surface area contributed by atoms with Crippen molar-refractivity contribution in [3.8, 4) is 0 Å². The first-order chi connectivity index (χ1) is 10.4. The van der Waals surface area contributed by atoms with E-state index in [2.05, 4.69) is 0 Å². The summed E-state index contributed by atoms with van der Waals surface area (Å²) in [4.78, 5) is 36.8. The van der Waals surface area contributed by atoms with E-state index in [9.17, 15) is 14.4 Å². The molecule has 2 fully saturated rings. The lowest BCUT2D eigenvalue weighted by Gasteiger charge is -2.38. The molecular weight excluding hydrogens is 290 g/mol. The van der Waals surface area contributed by atoms with E-state index >= 15 is 0 Å². The standard InChI is InChI=1S/C15H23NO6/c1-9(2)14(18)22-12-7-16(13(12)17)6-10(3)15(19)21-11-4-5-20-8-11/h9-12H,4-8H2,1-3H3/t10?,11-,12?/m0/s1. The van der Waals surface area contributed by atoms with Crippen LogP contribution in [0.5, 0.6) is 0 Å². The molecule has 1 amide bonds. The van der Waals surface area contributed by atoms with E-state index < -0.39 is 12.0 Å². The van der Waals surface area contributed by atoms with Crippen molar-refractivity contribution >= 4 is 17.8 Å². The summed E-state index contributed by atoms with van der Waals surface area (Å²) < 4.78 is 15.5. The Balaban J connectivity index is 1.72. The summed E-state index contributed by atoms with van der Waals surface area (Å²) in [5.74, 6) is -1.63. The van der Waals surface area contributed by atoms with Gasteiger partial charge in [-0.15, -0.1) is 0 Å². The van der Waals surface area contributed by atoms with Crippen LogP contribution in [0.2, 0.25) is 0 Å². The lowest BCUT2D eigenvalue weighted by atomic mass is 10.1.